The SMILES string of the molecule is Nc1cccc(C(=O)N2CCC(O)CC2)c1Br. The lowest BCUT2D eigenvalue weighted by Gasteiger charge is -2.30. The van der Waals surface area contributed by atoms with Crippen molar-refractivity contribution in [1.82, 2.24) is 4.90 Å². The second kappa shape index (κ2) is 5.06. The first kappa shape index (κ1) is 12.4. The predicted octanol–water partition coefficient (Wildman–Crippen LogP) is 1.63. The molecule has 0 saturated carbocycles. The van der Waals surface area contributed by atoms with Gasteiger partial charge < -0.3 is 15.7 Å². The molecule has 0 spiro atoms. The van der Waals surface area contributed by atoms with Gasteiger partial charge in [-0.1, -0.05) is 6.07 Å². The second-order valence-corrected chi connectivity index (χ2v) is 5.03. The fourth-order valence-corrected chi connectivity index (χ4v) is 2.39. The van der Waals surface area contributed by atoms with Crippen molar-refractivity contribution < 1.29 is 9.90 Å². The topological polar surface area (TPSA) is 66.6 Å². The van der Waals surface area contributed by atoms with E-state index in [1.807, 2.05) is 0 Å². The highest BCUT2D eigenvalue weighted by molar-refractivity contribution is 9.10. The van der Waals surface area contributed by atoms with Gasteiger partial charge in [-0.05, 0) is 40.9 Å². The van der Waals surface area contributed by atoms with E-state index in [1.54, 1.807) is 23.1 Å². The van der Waals surface area contributed by atoms with Gasteiger partial charge in [0.25, 0.3) is 5.91 Å². The van der Waals surface area contributed by atoms with E-state index in [4.69, 9.17) is 5.73 Å². The lowest BCUT2D eigenvalue weighted by Crippen LogP contribution is -2.40. The maximum Gasteiger partial charge on any atom is 0.255 e. The van der Waals surface area contributed by atoms with Crippen LogP contribution in [-0.4, -0.2) is 35.1 Å². The summed E-state index contributed by atoms with van der Waals surface area (Å²) in [6.45, 7) is 1.20. The Balaban J connectivity index is 2.17. The standard InChI is InChI=1S/C12H15BrN2O2/c13-11-9(2-1-3-10(11)14)12(17)15-6-4-8(16)5-7-15/h1-3,8,16H,4-7,14H2. The lowest BCUT2D eigenvalue weighted by molar-refractivity contribution is 0.0546. The number of nitrogen functional groups attached to an aromatic ring is 1. The number of anilines is 1. The molecule has 1 fully saturated rings. The Kier molecular flexibility index (Phi) is 3.69. The number of amides is 1. The molecule has 0 bridgehead atoms. The first-order valence-corrected chi connectivity index (χ1v) is 6.40. The van der Waals surface area contributed by atoms with E-state index < -0.39 is 0 Å². The number of hydrogen-bond donors (Lipinski definition) is 2. The Morgan fingerprint density at radius 2 is 2.06 bits per heavy atom. The molecule has 0 aromatic heterocycles. The zero-order valence-corrected chi connectivity index (χ0v) is 11.0. The zero-order valence-electron chi connectivity index (χ0n) is 9.40. The molecule has 5 heteroatoms. The Hall–Kier alpha value is -1.07. The molecule has 17 heavy (non-hydrogen) atoms. The third-order valence-corrected chi connectivity index (χ3v) is 3.90. The molecule has 0 unspecified atom stereocenters. The molecule has 3 N–H and O–H groups in total. The Labute approximate surface area is 109 Å². The number of rotatable bonds is 1. The van der Waals surface area contributed by atoms with Crippen LogP contribution in [0.25, 0.3) is 0 Å². The quantitative estimate of drug-likeness (QED) is 0.775. The number of carbonyl (C=O) groups excluding carboxylic acids is 1. The second-order valence-electron chi connectivity index (χ2n) is 4.23. The van der Waals surface area contributed by atoms with Gasteiger partial charge in [0.2, 0.25) is 0 Å². The minimum absolute atomic E-state index is 0.0314. The van der Waals surface area contributed by atoms with Crippen molar-refractivity contribution in [2.45, 2.75) is 18.9 Å². The predicted molar refractivity (Wildman–Crippen MR) is 69.7 cm³/mol. The molecule has 1 saturated heterocycles. The van der Waals surface area contributed by atoms with Crippen molar-refractivity contribution in [3.8, 4) is 0 Å². The Morgan fingerprint density at radius 1 is 1.41 bits per heavy atom. The number of carbonyl (C=O) groups is 1. The van der Waals surface area contributed by atoms with E-state index in [0.29, 0.717) is 41.7 Å². The molecule has 0 atom stereocenters. The van der Waals surface area contributed by atoms with Crippen molar-refractivity contribution in [2.75, 3.05) is 18.8 Å². The smallest absolute Gasteiger partial charge is 0.255 e. The zero-order chi connectivity index (χ0) is 12.4. The third-order valence-electron chi connectivity index (χ3n) is 3.01. The van der Waals surface area contributed by atoms with Crippen molar-refractivity contribution in [3.05, 3.63) is 28.2 Å². The molecular formula is C12H15BrN2O2. The van der Waals surface area contributed by atoms with Gasteiger partial charge in [0, 0.05) is 18.8 Å². The molecule has 0 aliphatic carbocycles. The number of aliphatic hydroxyl groups is 1. The maximum atomic E-state index is 12.2. The van der Waals surface area contributed by atoms with Gasteiger partial charge in [-0.25, -0.2) is 0 Å². The van der Waals surface area contributed by atoms with E-state index in [1.165, 1.54) is 0 Å². The first-order chi connectivity index (χ1) is 8.09. The highest BCUT2D eigenvalue weighted by Gasteiger charge is 2.23. The van der Waals surface area contributed by atoms with Crippen LogP contribution in [0.1, 0.15) is 23.2 Å². The molecule has 0 radical (unpaired) electrons. The normalized spacial score (nSPS) is 17.2. The number of nitrogens with two attached hydrogens (primary N) is 1. The fourth-order valence-electron chi connectivity index (χ4n) is 1.95. The first-order valence-electron chi connectivity index (χ1n) is 5.61. The van der Waals surface area contributed by atoms with Crippen LogP contribution in [-0.2, 0) is 0 Å². The van der Waals surface area contributed by atoms with Crippen LogP contribution in [0.15, 0.2) is 22.7 Å². The number of nitrogens with zero attached hydrogens (tertiary/aromatic N) is 1. The van der Waals surface area contributed by atoms with Gasteiger partial charge in [-0.3, -0.25) is 4.79 Å². The van der Waals surface area contributed by atoms with Crippen LogP contribution in [0, 0.1) is 0 Å². The summed E-state index contributed by atoms with van der Waals surface area (Å²) in [4.78, 5) is 14.0. The van der Waals surface area contributed by atoms with E-state index in [-0.39, 0.29) is 12.0 Å². The van der Waals surface area contributed by atoms with Crippen molar-refractivity contribution in [2.24, 2.45) is 0 Å². The summed E-state index contributed by atoms with van der Waals surface area (Å²) in [5, 5.41) is 9.41. The van der Waals surface area contributed by atoms with Gasteiger partial charge in [0.05, 0.1) is 16.1 Å². The Morgan fingerprint density at radius 3 is 2.71 bits per heavy atom. The highest BCUT2D eigenvalue weighted by Crippen LogP contribution is 2.25. The van der Waals surface area contributed by atoms with Crippen LogP contribution in [0.3, 0.4) is 0 Å². The van der Waals surface area contributed by atoms with E-state index in [0.717, 1.165) is 0 Å². The van der Waals surface area contributed by atoms with Gasteiger partial charge in [-0.15, -0.1) is 0 Å². The van der Waals surface area contributed by atoms with Crippen molar-refractivity contribution in [1.29, 1.82) is 0 Å². The monoisotopic (exact) mass is 298 g/mol. The summed E-state index contributed by atoms with van der Waals surface area (Å²) in [5.41, 5.74) is 6.90. The van der Waals surface area contributed by atoms with Gasteiger partial charge in [0.15, 0.2) is 0 Å². The number of hydrogen-bond acceptors (Lipinski definition) is 3. The summed E-state index contributed by atoms with van der Waals surface area (Å²) < 4.78 is 0.649. The van der Waals surface area contributed by atoms with E-state index >= 15 is 0 Å². The van der Waals surface area contributed by atoms with Crippen LogP contribution in [0.4, 0.5) is 5.69 Å². The maximum absolute atomic E-state index is 12.2. The average molecular weight is 299 g/mol. The molecule has 2 rings (SSSR count). The molecule has 4 nitrogen and oxygen atoms in total. The number of aliphatic hydroxyl groups excluding tert-OH is 1. The van der Waals surface area contributed by atoms with Crippen LogP contribution < -0.4 is 5.73 Å². The fraction of sp³-hybridized carbons (Fsp3) is 0.417. The molecule has 1 amide bonds. The summed E-state index contributed by atoms with van der Waals surface area (Å²) >= 11 is 3.34. The number of piperidine rings is 1. The third kappa shape index (κ3) is 2.61. The average Bonchev–Trinajstić information content (AvgIpc) is 2.33. The summed E-state index contributed by atoms with van der Waals surface area (Å²) in [6, 6.07) is 5.28. The molecule has 1 heterocycles. The summed E-state index contributed by atoms with van der Waals surface area (Å²) in [6.07, 6.45) is 1.01. The molecule has 1 aromatic rings. The number of likely N-dealkylation sites (tertiary alicyclic amines) is 1. The highest BCUT2D eigenvalue weighted by atomic mass is 79.9. The van der Waals surface area contributed by atoms with Crippen LogP contribution in [0.5, 0.6) is 0 Å². The van der Waals surface area contributed by atoms with Gasteiger partial charge in [-0.2, -0.15) is 0 Å². The Bertz CT molecular complexity index is 429. The molecular weight excluding hydrogens is 284 g/mol. The van der Waals surface area contributed by atoms with Gasteiger partial charge in [0.1, 0.15) is 0 Å². The number of benzene rings is 1. The van der Waals surface area contributed by atoms with E-state index in [2.05, 4.69) is 15.9 Å². The molecule has 92 valence electrons. The summed E-state index contributed by atoms with van der Waals surface area (Å²) in [5.74, 6) is -0.0314. The minimum Gasteiger partial charge on any atom is -0.398 e. The lowest BCUT2D eigenvalue weighted by atomic mass is 10.1. The van der Waals surface area contributed by atoms with E-state index in [9.17, 15) is 9.90 Å². The van der Waals surface area contributed by atoms with Crippen molar-refractivity contribution in [3.63, 3.8) is 0 Å². The minimum atomic E-state index is -0.275. The number of halogens is 1. The molecule has 1 aliphatic heterocycles. The van der Waals surface area contributed by atoms with Crippen LogP contribution in [0.2, 0.25) is 0 Å². The molecule has 1 aliphatic rings. The van der Waals surface area contributed by atoms with Crippen molar-refractivity contribution >= 4 is 27.5 Å². The molecule has 1 aromatic carbocycles. The van der Waals surface area contributed by atoms with Crippen LogP contribution >= 0.6 is 15.9 Å². The van der Waals surface area contributed by atoms with Gasteiger partial charge >= 0.3 is 0 Å². The largest absolute Gasteiger partial charge is 0.398 e. The summed E-state index contributed by atoms with van der Waals surface area (Å²) in [7, 11) is 0.